The summed E-state index contributed by atoms with van der Waals surface area (Å²) in [4.78, 5) is 11.9. The fourth-order valence-electron chi connectivity index (χ4n) is 1.48. The molecular formula is C11H16N6O2. The Morgan fingerprint density at radius 2 is 1.89 bits per heavy atom. The first-order valence-corrected chi connectivity index (χ1v) is 6.00. The second-order valence-electron chi connectivity index (χ2n) is 4.59. The molecule has 0 spiro atoms. The number of rotatable bonds is 4. The Kier molecular flexibility index (Phi) is 3.59. The highest BCUT2D eigenvalue weighted by atomic mass is 16.4. The Morgan fingerprint density at radius 3 is 2.42 bits per heavy atom. The van der Waals surface area contributed by atoms with Gasteiger partial charge in [0.15, 0.2) is 5.69 Å². The summed E-state index contributed by atoms with van der Waals surface area (Å²) in [5.74, 6) is 0.747. The number of H-pyrrole nitrogens is 1. The van der Waals surface area contributed by atoms with Crippen LogP contribution < -0.4 is 5.32 Å². The Hall–Kier alpha value is -2.25. The highest BCUT2D eigenvalue weighted by Gasteiger charge is 2.20. The molecule has 0 radical (unpaired) electrons. The van der Waals surface area contributed by atoms with Crippen LogP contribution in [0.5, 0.6) is 0 Å². The van der Waals surface area contributed by atoms with Crippen LogP contribution in [0.2, 0.25) is 0 Å². The van der Waals surface area contributed by atoms with Gasteiger partial charge in [0, 0.05) is 5.92 Å². The van der Waals surface area contributed by atoms with E-state index >= 15 is 0 Å². The fourth-order valence-corrected chi connectivity index (χ4v) is 1.48. The smallest absolute Gasteiger partial charge is 0.274 e. The zero-order chi connectivity index (χ0) is 14.0. The maximum atomic E-state index is 11.9. The minimum absolute atomic E-state index is 0.155. The molecule has 0 fully saturated rings. The molecule has 2 rings (SSSR count). The maximum absolute atomic E-state index is 11.9. The molecule has 8 nitrogen and oxygen atoms in total. The molecule has 102 valence electrons. The minimum Gasteiger partial charge on any atom is -0.423 e. The van der Waals surface area contributed by atoms with E-state index < -0.39 is 0 Å². The van der Waals surface area contributed by atoms with Gasteiger partial charge < -0.3 is 9.73 Å². The van der Waals surface area contributed by atoms with E-state index in [1.807, 2.05) is 13.8 Å². The lowest BCUT2D eigenvalue weighted by Crippen LogP contribution is -2.27. The summed E-state index contributed by atoms with van der Waals surface area (Å²) in [7, 11) is 0. The van der Waals surface area contributed by atoms with Crippen LogP contribution in [0.3, 0.4) is 0 Å². The van der Waals surface area contributed by atoms with Crippen molar-refractivity contribution in [3.63, 3.8) is 0 Å². The highest BCUT2D eigenvalue weighted by Crippen LogP contribution is 2.17. The molecule has 2 aromatic rings. The molecule has 1 unspecified atom stereocenters. The second kappa shape index (κ2) is 5.17. The predicted octanol–water partition coefficient (Wildman–Crippen LogP) is 1.11. The molecule has 1 atom stereocenters. The van der Waals surface area contributed by atoms with E-state index in [1.165, 1.54) is 0 Å². The summed E-state index contributed by atoms with van der Waals surface area (Å²) in [6.45, 7) is 7.39. The van der Waals surface area contributed by atoms with E-state index in [0.29, 0.717) is 17.5 Å². The topological polar surface area (TPSA) is 110 Å². The van der Waals surface area contributed by atoms with Crippen molar-refractivity contribution in [2.45, 2.75) is 39.7 Å². The number of carbonyl (C=O) groups excluding carboxylic acids is 1. The SMILES string of the molecule is Cc1n[nH]nc1C(=O)NC(C)c1nnc(C(C)C)o1. The minimum atomic E-state index is -0.386. The maximum Gasteiger partial charge on any atom is 0.274 e. The van der Waals surface area contributed by atoms with Gasteiger partial charge in [-0.1, -0.05) is 13.8 Å². The molecule has 0 bridgehead atoms. The number of aromatic amines is 1. The summed E-state index contributed by atoms with van der Waals surface area (Å²) >= 11 is 0. The summed E-state index contributed by atoms with van der Waals surface area (Å²) in [6.07, 6.45) is 0. The third kappa shape index (κ3) is 2.78. The Bertz CT molecular complexity index is 573. The van der Waals surface area contributed by atoms with Gasteiger partial charge >= 0.3 is 0 Å². The number of aryl methyl sites for hydroxylation is 1. The molecule has 0 aromatic carbocycles. The van der Waals surface area contributed by atoms with Gasteiger partial charge in [-0.25, -0.2) is 0 Å². The molecule has 0 aliphatic carbocycles. The van der Waals surface area contributed by atoms with Gasteiger partial charge in [-0.15, -0.1) is 10.2 Å². The van der Waals surface area contributed by atoms with Gasteiger partial charge in [0.05, 0.1) is 5.69 Å². The van der Waals surface area contributed by atoms with Crippen LogP contribution in [0.4, 0.5) is 0 Å². The van der Waals surface area contributed by atoms with Crippen LogP contribution in [-0.2, 0) is 0 Å². The van der Waals surface area contributed by atoms with Crippen molar-refractivity contribution in [1.82, 2.24) is 30.9 Å². The summed E-state index contributed by atoms with van der Waals surface area (Å²) in [5.41, 5.74) is 0.800. The van der Waals surface area contributed by atoms with Crippen molar-refractivity contribution >= 4 is 5.91 Å². The summed E-state index contributed by atoms with van der Waals surface area (Å²) in [5, 5.41) is 20.6. The molecular weight excluding hydrogens is 248 g/mol. The Balaban J connectivity index is 2.06. The lowest BCUT2D eigenvalue weighted by Gasteiger charge is -2.08. The van der Waals surface area contributed by atoms with Gasteiger partial charge in [0.2, 0.25) is 11.8 Å². The first-order valence-electron chi connectivity index (χ1n) is 6.00. The average molecular weight is 264 g/mol. The van der Waals surface area contributed by atoms with Crippen LogP contribution in [0.25, 0.3) is 0 Å². The summed E-state index contributed by atoms with van der Waals surface area (Å²) < 4.78 is 5.47. The molecule has 2 heterocycles. The van der Waals surface area contributed by atoms with E-state index in [2.05, 4.69) is 30.9 Å². The van der Waals surface area contributed by atoms with Crippen molar-refractivity contribution < 1.29 is 9.21 Å². The van der Waals surface area contributed by atoms with Gasteiger partial charge in [0.25, 0.3) is 5.91 Å². The number of nitrogens with one attached hydrogen (secondary N) is 2. The number of nitrogens with zero attached hydrogens (tertiary/aromatic N) is 4. The zero-order valence-corrected chi connectivity index (χ0v) is 11.3. The molecule has 2 aromatic heterocycles. The van der Waals surface area contributed by atoms with E-state index in [-0.39, 0.29) is 23.6 Å². The average Bonchev–Trinajstić information content (AvgIpc) is 2.96. The predicted molar refractivity (Wildman–Crippen MR) is 65.4 cm³/mol. The van der Waals surface area contributed by atoms with Crippen LogP contribution >= 0.6 is 0 Å². The fraction of sp³-hybridized carbons (Fsp3) is 0.545. The lowest BCUT2D eigenvalue weighted by molar-refractivity contribution is 0.0928. The van der Waals surface area contributed by atoms with Crippen LogP contribution in [0.1, 0.15) is 60.7 Å². The third-order valence-corrected chi connectivity index (χ3v) is 2.61. The number of amides is 1. The van der Waals surface area contributed by atoms with Gasteiger partial charge in [0.1, 0.15) is 6.04 Å². The van der Waals surface area contributed by atoms with Gasteiger partial charge in [-0.05, 0) is 13.8 Å². The number of hydrogen-bond acceptors (Lipinski definition) is 6. The first kappa shape index (κ1) is 13.2. The Labute approximate surface area is 110 Å². The quantitative estimate of drug-likeness (QED) is 0.856. The number of hydrogen-bond donors (Lipinski definition) is 2. The monoisotopic (exact) mass is 264 g/mol. The van der Waals surface area contributed by atoms with Crippen molar-refractivity contribution in [3.8, 4) is 0 Å². The molecule has 0 saturated heterocycles. The van der Waals surface area contributed by atoms with E-state index in [0.717, 1.165) is 0 Å². The van der Waals surface area contributed by atoms with E-state index in [9.17, 15) is 4.79 Å². The third-order valence-electron chi connectivity index (χ3n) is 2.61. The molecule has 0 saturated carbocycles. The van der Waals surface area contributed by atoms with Crippen molar-refractivity contribution in [2.24, 2.45) is 0 Å². The standard InChI is InChI=1S/C11H16N6O2/c1-5(2)10-15-16-11(19-10)7(4)12-9(18)8-6(3)13-17-14-8/h5,7H,1-4H3,(H,12,18)(H,13,14,17). The zero-order valence-electron chi connectivity index (χ0n) is 11.3. The largest absolute Gasteiger partial charge is 0.423 e. The molecule has 8 heteroatoms. The van der Waals surface area contributed by atoms with Crippen LogP contribution in [-0.4, -0.2) is 31.5 Å². The van der Waals surface area contributed by atoms with Crippen molar-refractivity contribution in [1.29, 1.82) is 0 Å². The Morgan fingerprint density at radius 1 is 1.21 bits per heavy atom. The van der Waals surface area contributed by atoms with Crippen molar-refractivity contribution in [2.75, 3.05) is 0 Å². The molecule has 0 aliphatic heterocycles. The second-order valence-corrected chi connectivity index (χ2v) is 4.59. The lowest BCUT2D eigenvalue weighted by atomic mass is 10.2. The summed E-state index contributed by atoms with van der Waals surface area (Å²) in [6, 6.07) is -0.386. The first-order chi connectivity index (χ1) is 8.99. The highest BCUT2D eigenvalue weighted by molar-refractivity contribution is 5.93. The molecule has 2 N–H and O–H groups in total. The normalized spacial score (nSPS) is 12.7. The molecule has 0 aliphatic rings. The van der Waals surface area contributed by atoms with Crippen molar-refractivity contribution in [3.05, 3.63) is 23.2 Å². The van der Waals surface area contributed by atoms with Crippen LogP contribution in [0.15, 0.2) is 4.42 Å². The van der Waals surface area contributed by atoms with Gasteiger partial charge in [-0.3, -0.25) is 4.79 Å². The molecule has 1 amide bonds. The van der Waals surface area contributed by atoms with E-state index in [4.69, 9.17) is 4.42 Å². The number of carbonyl (C=O) groups is 1. The van der Waals surface area contributed by atoms with E-state index in [1.54, 1.807) is 13.8 Å². The number of aromatic nitrogens is 5. The molecule has 19 heavy (non-hydrogen) atoms. The van der Waals surface area contributed by atoms with Gasteiger partial charge in [-0.2, -0.15) is 15.4 Å². The van der Waals surface area contributed by atoms with Crippen LogP contribution in [0, 0.1) is 6.92 Å².